The van der Waals surface area contributed by atoms with Crippen LogP contribution in [0.1, 0.15) is 34.0 Å². The first kappa shape index (κ1) is 14.0. The molecule has 0 unspecified atom stereocenters. The van der Waals surface area contributed by atoms with Gasteiger partial charge in [-0.2, -0.15) is 0 Å². The maximum absolute atomic E-state index is 12.0. The van der Waals surface area contributed by atoms with Gasteiger partial charge in [-0.05, 0) is 24.6 Å². The van der Waals surface area contributed by atoms with Crippen LogP contribution >= 0.6 is 22.9 Å². The first-order valence-corrected chi connectivity index (χ1v) is 7.06. The summed E-state index contributed by atoms with van der Waals surface area (Å²) in [6, 6.07) is 7.28. The second-order valence-electron chi connectivity index (χ2n) is 4.08. The van der Waals surface area contributed by atoms with E-state index in [1.54, 1.807) is 11.4 Å². The third kappa shape index (κ3) is 3.53. The van der Waals surface area contributed by atoms with Crippen LogP contribution in [0.4, 0.5) is 0 Å². The van der Waals surface area contributed by atoms with E-state index in [0.717, 1.165) is 10.6 Å². The van der Waals surface area contributed by atoms with Gasteiger partial charge in [0.2, 0.25) is 0 Å². The molecule has 3 N–H and O–H groups in total. The molecule has 1 amide bonds. The van der Waals surface area contributed by atoms with Gasteiger partial charge in [0, 0.05) is 16.9 Å². The van der Waals surface area contributed by atoms with Crippen LogP contribution in [0, 0.1) is 0 Å². The van der Waals surface area contributed by atoms with Crippen molar-refractivity contribution in [3.63, 3.8) is 0 Å². The fraction of sp³-hybridized carbons (Fsp3) is 0.231. The van der Waals surface area contributed by atoms with Crippen molar-refractivity contribution >= 4 is 28.8 Å². The Labute approximate surface area is 120 Å². The van der Waals surface area contributed by atoms with Gasteiger partial charge < -0.3 is 11.1 Å². The summed E-state index contributed by atoms with van der Waals surface area (Å²) in [6.07, 6.45) is 0. The maximum atomic E-state index is 12.0. The Hall–Kier alpha value is -1.43. The van der Waals surface area contributed by atoms with Crippen molar-refractivity contribution in [3.8, 4) is 0 Å². The van der Waals surface area contributed by atoms with E-state index in [4.69, 9.17) is 17.3 Å². The van der Waals surface area contributed by atoms with Crippen molar-refractivity contribution in [1.82, 2.24) is 10.3 Å². The minimum Gasteiger partial charge on any atom is -0.344 e. The number of hydrogen-bond acceptors (Lipinski definition) is 4. The predicted octanol–water partition coefficient (Wildman–Crippen LogP) is 2.75. The summed E-state index contributed by atoms with van der Waals surface area (Å²) < 4.78 is 0. The number of carbonyl (C=O) groups excluding carboxylic acids is 1. The average molecular weight is 296 g/mol. The van der Waals surface area contributed by atoms with Crippen LogP contribution in [-0.2, 0) is 6.54 Å². The van der Waals surface area contributed by atoms with Gasteiger partial charge in [0.25, 0.3) is 5.91 Å². The molecule has 0 saturated carbocycles. The molecule has 2 rings (SSSR count). The van der Waals surface area contributed by atoms with E-state index in [1.807, 2.05) is 25.1 Å². The van der Waals surface area contributed by atoms with Gasteiger partial charge in [0.05, 0.1) is 6.04 Å². The van der Waals surface area contributed by atoms with E-state index in [1.165, 1.54) is 11.3 Å². The van der Waals surface area contributed by atoms with Gasteiger partial charge in [-0.15, -0.1) is 11.3 Å². The summed E-state index contributed by atoms with van der Waals surface area (Å²) in [7, 11) is 0. The van der Waals surface area contributed by atoms with Gasteiger partial charge in [0.1, 0.15) is 10.7 Å². The third-order valence-electron chi connectivity index (χ3n) is 2.66. The number of nitrogens with zero attached hydrogens (tertiary/aromatic N) is 1. The van der Waals surface area contributed by atoms with E-state index in [9.17, 15) is 4.79 Å². The Bertz CT molecular complexity index is 585. The fourth-order valence-corrected chi connectivity index (χ4v) is 2.49. The van der Waals surface area contributed by atoms with Crippen LogP contribution in [-0.4, -0.2) is 10.9 Å². The monoisotopic (exact) mass is 295 g/mol. The van der Waals surface area contributed by atoms with Gasteiger partial charge in [-0.25, -0.2) is 4.98 Å². The van der Waals surface area contributed by atoms with Crippen LogP contribution in [0.3, 0.4) is 0 Å². The molecular weight excluding hydrogens is 282 g/mol. The lowest BCUT2D eigenvalue weighted by molar-refractivity contribution is 0.0935. The molecule has 100 valence electrons. The summed E-state index contributed by atoms with van der Waals surface area (Å²) in [5.74, 6) is -0.205. The number of halogens is 1. The number of amides is 1. The van der Waals surface area contributed by atoms with E-state index >= 15 is 0 Å². The van der Waals surface area contributed by atoms with Crippen molar-refractivity contribution in [3.05, 3.63) is 50.9 Å². The Morgan fingerprint density at radius 1 is 1.58 bits per heavy atom. The highest BCUT2D eigenvalue weighted by molar-refractivity contribution is 7.09. The number of aromatic nitrogens is 1. The molecule has 0 aliphatic carbocycles. The molecule has 2 aromatic rings. The molecule has 0 aliphatic heterocycles. The highest BCUT2D eigenvalue weighted by Crippen LogP contribution is 2.18. The van der Waals surface area contributed by atoms with Gasteiger partial charge in [-0.1, -0.05) is 23.7 Å². The molecule has 19 heavy (non-hydrogen) atoms. The number of nitrogens with two attached hydrogens (primary N) is 1. The van der Waals surface area contributed by atoms with Crippen LogP contribution in [0.25, 0.3) is 0 Å². The number of hydrogen-bond donors (Lipinski definition) is 2. The quantitative estimate of drug-likeness (QED) is 0.911. The van der Waals surface area contributed by atoms with Crippen LogP contribution in [0.15, 0.2) is 29.6 Å². The van der Waals surface area contributed by atoms with Gasteiger partial charge in [-0.3, -0.25) is 4.79 Å². The van der Waals surface area contributed by atoms with Crippen LogP contribution in [0.2, 0.25) is 5.02 Å². The smallest absolute Gasteiger partial charge is 0.271 e. The highest BCUT2D eigenvalue weighted by Gasteiger charge is 2.14. The molecule has 6 heteroatoms. The molecular formula is C13H14ClN3OS. The summed E-state index contributed by atoms with van der Waals surface area (Å²) in [4.78, 5) is 16.2. The average Bonchev–Trinajstić information content (AvgIpc) is 2.87. The number of nitrogens with one attached hydrogen (secondary N) is 1. The standard InChI is InChI=1S/C13H14ClN3OS/c1-8(9-3-2-4-10(14)5-9)16-13(18)11-7-19-12(6-15)17-11/h2-5,7-8H,6,15H2,1H3,(H,16,18)/t8-/m0/s1. The lowest BCUT2D eigenvalue weighted by Crippen LogP contribution is -2.27. The normalized spacial score (nSPS) is 12.2. The Morgan fingerprint density at radius 3 is 3.00 bits per heavy atom. The minimum absolute atomic E-state index is 0.130. The number of carbonyl (C=O) groups is 1. The minimum atomic E-state index is -0.205. The summed E-state index contributed by atoms with van der Waals surface area (Å²) >= 11 is 7.31. The lowest BCUT2D eigenvalue weighted by atomic mass is 10.1. The van der Waals surface area contributed by atoms with Gasteiger partial charge >= 0.3 is 0 Å². The van der Waals surface area contributed by atoms with Crippen LogP contribution in [0.5, 0.6) is 0 Å². The fourth-order valence-electron chi connectivity index (χ4n) is 1.64. The molecule has 1 atom stereocenters. The largest absolute Gasteiger partial charge is 0.344 e. The lowest BCUT2D eigenvalue weighted by Gasteiger charge is -2.13. The molecule has 0 saturated heterocycles. The Morgan fingerprint density at radius 2 is 2.37 bits per heavy atom. The second kappa shape index (κ2) is 6.14. The maximum Gasteiger partial charge on any atom is 0.271 e. The molecule has 1 aromatic carbocycles. The van der Waals surface area contributed by atoms with Crippen molar-refractivity contribution < 1.29 is 4.79 Å². The number of benzene rings is 1. The van der Waals surface area contributed by atoms with E-state index < -0.39 is 0 Å². The van der Waals surface area contributed by atoms with Crippen LogP contribution < -0.4 is 11.1 Å². The first-order valence-electron chi connectivity index (χ1n) is 5.81. The predicted molar refractivity (Wildman–Crippen MR) is 77.3 cm³/mol. The summed E-state index contributed by atoms with van der Waals surface area (Å²) in [6.45, 7) is 2.25. The molecule has 0 radical (unpaired) electrons. The van der Waals surface area contributed by atoms with Crippen molar-refractivity contribution in [2.45, 2.75) is 19.5 Å². The van der Waals surface area contributed by atoms with E-state index in [0.29, 0.717) is 17.3 Å². The SMILES string of the molecule is C[C@H](NC(=O)c1csc(CN)n1)c1cccc(Cl)c1. The molecule has 1 aromatic heterocycles. The van der Waals surface area contributed by atoms with E-state index in [2.05, 4.69) is 10.3 Å². The molecule has 0 fully saturated rings. The zero-order valence-electron chi connectivity index (χ0n) is 10.4. The molecule has 0 spiro atoms. The number of thiazole rings is 1. The van der Waals surface area contributed by atoms with Crippen molar-refractivity contribution in [2.24, 2.45) is 5.73 Å². The van der Waals surface area contributed by atoms with Crippen molar-refractivity contribution in [1.29, 1.82) is 0 Å². The zero-order valence-corrected chi connectivity index (χ0v) is 12.0. The van der Waals surface area contributed by atoms with Gasteiger partial charge in [0.15, 0.2) is 0 Å². The molecule has 0 aliphatic rings. The number of rotatable bonds is 4. The topological polar surface area (TPSA) is 68.0 Å². The van der Waals surface area contributed by atoms with E-state index in [-0.39, 0.29) is 11.9 Å². The summed E-state index contributed by atoms with van der Waals surface area (Å²) in [5, 5.41) is 5.99. The zero-order chi connectivity index (χ0) is 13.8. The van der Waals surface area contributed by atoms with Crippen molar-refractivity contribution in [2.75, 3.05) is 0 Å². The third-order valence-corrected chi connectivity index (χ3v) is 3.76. The molecule has 4 nitrogen and oxygen atoms in total. The molecule has 0 bridgehead atoms. The highest BCUT2D eigenvalue weighted by atomic mass is 35.5. The Kier molecular flexibility index (Phi) is 4.52. The Balaban J connectivity index is 2.06. The second-order valence-corrected chi connectivity index (χ2v) is 5.46. The molecule has 1 heterocycles. The first-order chi connectivity index (χ1) is 9.10. The summed E-state index contributed by atoms with van der Waals surface area (Å²) in [5.41, 5.74) is 6.83.